The molecule has 118 valence electrons. The average Bonchev–Trinajstić information content (AvgIpc) is 2.95. The number of likely N-dealkylation sites (tertiary alicyclic amines) is 1. The zero-order chi connectivity index (χ0) is 15.5. The largest absolute Gasteiger partial charge is 0.468 e. The zero-order valence-corrected chi connectivity index (χ0v) is 12.6. The number of urea groups is 1. The third kappa shape index (κ3) is 3.18. The van der Waals surface area contributed by atoms with E-state index in [4.69, 9.17) is 4.74 Å². The van der Waals surface area contributed by atoms with Gasteiger partial charge in [-0.05, 0) is 13.0 Å². The summed E-state index contributed by atoms with van der Waals surface area (Å²) in [4.78, 5) is 37.3. The number of amides is 3. The molecule has 2 aliphatic heterocycles. The van der Waals surface area contributed by atoms with Gasteiger partial charge in [0, 0.05) is 13.0 Å². The molecule has 2 aliphatic rings. The number of imide groups is 1. The van der Waals surface area contributed by atoms with Gasteiger partial charge in [0.1, 0.15) is 11.6 Å². The van der Waals surface area contributed by atoms with Crippen LogP contribution in [-0.4, -0.2) is 54.6 Å². The predicted molar refractivity (Wildman–Crippen MR) is 75.5 cm³/mol. The summed E-state index contributed by atoms with van der Waals surface area (Å²) >= 11 is 0. The van der Waals surface area contributed by atoms with Crippen molar-refractivity contribution in [2.75, 3.05) is 20.2 Å². The molecule has 0 aromatic carbocycles. The molecule has 2 fully saturated rings. The molecule has 3 amide bonds. The summed E-state index contributed by atoms with van der Waals surface area (Å²) in [7, 11) is 1.34. The Labute approximate surface area is 124 Å². The van der Waals surface area contributed by atoms with E-state index in [-0.39, 0.29) is 18.3 Å². The number of hydrogen-bond acceptors (Lipinski definition) is 5. The van der Waals surface area contributed by atoms with Crippen LogP contribution in [0.2, 0.25) is 0 Å². The molecule has 2 atom stereocenters. The Morgan fingerprint density at radius 1 is 1.38 bits per heavy atom. The molecule has 21 heavy (non-hydrogen) atoms. The standard InChI is InChI=1S/C14H23N3O4/c1-3-4-5-6-7-17-9-14(8-10(17)11(18)21-2)12(19)15-13(20)16-14/h10H,3-9H2,1-2H3,(H2,15,16,19,20)/t10-,14+/m0/s1. The lowest BCUT2D eigenvalue weighted by Gasteiger charge is -2.22. The lowest BCUT2D eigenvalue weighted by atomic mass is 9.96. The monoisotopic (exact) mass is 297 g/mol. The highest BCUT2D eigenvalue weighted by molar-refractivity contribution is 6.07. The maximum Gasteiger partial charge on any atom is 0.323 e. The molecule has 7 nitrogen and oxygen atoms in total. The second kappa shape index (κ2) is 6.43. The molecule has 7 heteroatoms. The first-order valence-electron chi connectivity index (χ1n) is 7.48. The molecule has 2 saturated heterocycles. The van der Waals surface area contributed by atoms with Crippen molar-refractivity contribution in [3.63, 3.8) is 0 Å². The molecule has 0 radical (unpaired) electrons. The van der Waals surface area contributed by atoms with E-state index in [9.17, 15) is 14.4 Å². The lowest BCUT2D eigenvalue weighted by Crippen LogP contribution is -2.49. The van der Waals surface area contributed by atoms with E-state index in [2.05, 4.69) is 17.6 Å². The van der Waals surface area contributed by atoms with Crippen LogP contribution in [0.25, 0.3) is 0 Å². The van der Waals surface area contributed by atoms with Crippen LogP contribution in [0.3, 0.4) is 0 Å². The van der Waals surface area contributed by atoms with Crippen LogP contribution < -0.4 is 10.6 Å². The zero-order valence-electron chi connectivity index (χ0n) is 12.6. The van der Waals surface area contributed by atoms with Crippen molar-refractivity contribution in [1.29, 1.82) is 0 Å². The first kappa shape index (κ1) is 15.8. The molecule has 0 aromatic heterocycles. The van der Waals surface area contributed by atoms with E-state index >= 15 is 0 Å². The Bertz CT molecular complexity index is 440. The summed E-state index contributed by atoms with van der Waals surface area (Å²) in [6, 6.07) is -0.961. The maximum atomic E-state index is 12.0. The van der Waals surface area contributed by atoms with Gasteiger partial charge in [-0.25, -0.2) is 4.79 Å². The van der Waals surface area contributed by atoms with E-state index in [0.29, 0.717) is 6.54 Å². The highest BCUT2D eigenvalue weighted by Crippen LogP contribution is 2.30. The van der Waals surface area contributed by atoms with Gasteiger partial charge < -0.3 is 10.1 Å². The van der Waals surface area contributed by atoms with Gasteiger partial charge in [-0.1, -0.05) is 26.2 Å². The van der Waals surface area contributed by atoms with Crippen LogP contribution in [0, 0.1) is 0 Å². The minimum absolute atomic E-state index is 0.269. The van der Waals surface area contributed by atoms with Crippen molar-refractivity contribution in [3.8, 4) is 0 Å². The van der Waals surface area contributed by atoms with Crippen molar-refractivity contribution in [2.45, 2.75) is 50.6 Å². The van der Waals surface area contributed by atoms with E-state index in [1.807, 2.05) is 4.90 Å². The molecule has 0 bridgehead atoms. The third-order valence-corrected chi connectivity index (χ3v) is 4.24. The van der Waals surface area contributed by atoms with Crippen LogP contribution in [0.5, 0.6) is 0 Å². The number of hydrogen-bond donors (Lipinski definition) is 2. The minimum atomic E-state index is -0.985. The number of unbranched alkanes of at least 4 members (excludes halogenated alkanes) is 3. The first-order chi connectivity index (χ1) is 10.0. The Kier molecular flexibility index (Phi) is 4.82. The van der Waals surface area contributed by atoms with Crippen LogP contribution in [0.1, 0.15) is 39.0 Å². The molecular formula is C14H23N3O4. The van der Waals surface area contributed by atoms with Crippen molar-refractivity contribution in [3.05, 3.63) is 0 Å². The van der Waals surface area contributed by atoms with Gasteiger partial charge in [0.25, 0.3) is 5.91 Å². The van der Waals surface area contributed by atoms with Crippen LogP contribution in [0.15, 0.2) is 0 Å². The third-order valence-electron chi connectivity index (χ3n) is 4.24. The van der Waals surface area contributed by atoms with Crippen LogP contribution in [-0.2, 0) is 14.3 Å². The highest BCUT2D eigenvalue weighted by atomic mass is 16.5. The van der Waals surface area contributed by atoms with Crippen molar-refractivity contribution < 1.29 is 19.1 Å². The normalized spacial score (nSPS) is 28.8. The van der Waals surface area contributed by atoms with Gasteiger partial charge in [-0.2, -0.15) is 0 Å². The Hall–Kier alpha value is -1.63. The number of carbonyl (C=O) groups excluding carboxylic acids is 3. The smallest absolute Gasteiger partial charge is 0.323 e. The number of rotatable bonds is 6. The maximum absolute atomic E-state index is 12.0. The Morgan fingerprint density at radius 3 is 2.71 bits per heavy atom. The van der Waals surface area contributed by atoms with Gasteiger partial charge in [0.05, 0.1) is 7.11 Å². The second-order valence-electron chi connectivity index (χ2n) is 5.76. The molecule has 0 saturated carbocycles. The van der Waals surface area contributed by atoms with Crippen LogP contribution >= 0.6 is 0 Å². The first-order valence-corrected chi connectivity index (χ1v) is 7.48. The number of methoxy groups -OCH3 is 1. The minimum Gasteiger partial charge on any atom is -0.468 e. The van der Waals surface area contributed by atoms with Crippen molar-refractivity contribution >= 4 is 17.9 Å². The fourth-order valence-corrected chi connectivity index (χ4v) is 3.11. The fourth-order valence-electron chi connectivity index (χ4n) is 3.11. The van der Waals surface area contributed by atoms with E-state index in [1.165, 1.54) is 7.11 Å². The average molecular weight is 297 g/mol. The molecule has 2 N–H and O–H groups in total. The molecule has 2 rings (SSSR count). The van der Waals surface area contributed by atoms with Gasteiger partial charge in [-0.3, -0.25) is 19.8 Å². The van der Waals surface area contributed by atoms with Crippen LogP contribution in [0.4, 0.5) is 4.79 Å². The Balaban J connectivity index is 2.05. The van der Waals surface area contributed by atoms with Gasteiger partial charge >= 0.3 is 12.0 Å². The summed E-state index contributed by atoms with van der Waals surface area (Å²) in [6.45, 7) is 3.22. The fraction of sp³-hybridized carbons (Fsp3) is 0.786. The SMILES string of the molecule is CCCCCCN1C[C@@]2(C[C@H]1C(=O)OC)NC(=O)NC2=O. The lowest BCUT2D eigenvalue weighted by molar-refractivity contribution is -0.145. The number of esters is 1. The molecule has 0 aliphatic carbocycles. The molecular weight excluding hydrogens is 274 g/mol. The number of carbonyl (C=O) groups is 3. The summed E-state index contributed by atoms with van der Waals surface area (Å²) in [5, 5.41) is 4.93. The van der Waals surface area contributed by atoms with E-state index in [1.54, 1.807) is 0 Å². The van der Waals surface area contributed by atoms with Gasteiger partial charge in [0.15, 0.2) is 0 Å². The molecule has 1 spiro atoms. The summed E-state index contributed by atoms with van der Waals surface area (Å²) < 4.78 is 4.83. The highest BCUT2D eigenvalue weighted by Gasteiger charge is 2.56. The van der Waals surface area contributed by atoms with Gasteiger partial charge in [0.2, 0.25) is 0 Å². The van der Waals surface area contributed by atoms with E-state index < -0.39 is 17.6 Å². The predicted octanol–water partition coefficient (Wildman–Crippen LogP) is 0.392. The second-order valence-corrected chi connectivity index (χ2v) is 5.76. The summed E-state index contributed by atoms with van der Waals surface area (Å²) in [5.74, 6) is -0.700. The molecule has 0 unspecified atom stereocenters. The molecule has 2 heterocycles. The molecule has 0 aromatic rings. The number of nitrogens with zero attached hydrogens (tertiary/aromatic N) is 1. The summed E-state index contributed by atoms with van der Waals surface area (Å²) in [5.41, 5.74) is -0.985. The van der Waals surface area contributed by atoms with E-state index in [0.717, 1.165) is 32.2 Å². The van der Waals surface area contributed by atoms with Crippen molar-refractivity contribution in [1.82, 2.24) is 15.5 Å². The quantitative estimate of drug-likeness (QED) is 0.421. The number of nitrogens with one attached hydrogen (secondary N) is 2. The Morgan fingerprint density at radius 2 is 2.14 bits per heavy atom. The van der Waals surface area contributed by atoms with Crippen molar-refractivity contribution in [2.24, 2.45) is 0 Å². The van der Waals surface area contributed by atoms with Gasteiger partial charge in [-0.15, -0.1) is 0 Å². The number of ether oxygens (including phenoxy) is 1. The summed E-state index contributed by atoms with van der Waals surface area (Å²) in [6.07, 6.45) is 4.62. The topological polar surface area (TPSA) is 87.7 Å².